The van der Waals surface area contributed by atoms with E-state index in [4.69, 9.17) is 28.0 Å². The molecule has 0 aromatic heterocycles. The van der Waals surface area contributed by atoms with Crippen molar-refractivity contribution in [3.8, 4) is 0 Å². The second-order valence-corrected chi connectivity index (χ2v) is 16.0. The zero-order chi connectivity index (χ0) is 31.6. The third kappa shape index (κ3) is 12.5. The number of esters is 4. The fourth-order valence-corrected chi connectivity index (χ4v) is 6.41. The molecule has 0 aliphatic carbocycles. The van der Waals surface area contributed by atoms with Crippen molar-refractivity contribution >= 4 is 43.2 Å². The Morgan fingerprint density at radius 3 is 1.61 bits per heavy atom. The predicted octanol–water partition coefficient (Wildman–Crippen LogP) is 6.55. The highest BCUT2D eigenvalue weighted by Crippen LogP contribution is 2.62. The molecule has 0 aromatic carbocycles. The summed E-state index contributed by atoms with van der Waals surface area (Å²) >= 11 is 1.33. The molecule has 1 atom stereocenters. The van der Waals surface area contributed by atoms with Gasteiger partial charge in [-0.2, -0.15) is 0 Å². The summed E-state index contributed by atoms with van der Waals surface area (Å²) in [5.41, 5.74) is -2.41. The van der Waals surface area contributed by atoms with Crippen LogP contribution in [0.25, 0.3) is 0 Å². The molecule has 0 bridgehead atoms. The highest BCUT2D eigenvalue weighted by atomic mass is 32.2. The van der Waals surface area contributed by atoms with Crippen molar-refractivity contribution in [3.05, 3.63) is 10.2 Å². The number of carbonyl (C=O) groups excluding carboxylic acids is 4. The minimum absolute atomic E-state index is 0.0319. The van der Waals surface area contributed by atoms with Crippen molar-refractivity contribution in [3.63, 3.8) is 0 Å². The van der Waals surface area contributed by atoms with E-state index in [1.54, 1.807) is 62.3 Å². The fourth-order valence-electron chi connectivity index (χ4n) is 3.06. The monoisotopic (exact) mass is 622 g/mol. The Bertz CT molecular complexity index is 980. The fraction of sp³-hybridized carbons (Fsp3) is 0.786. The van der Waals surface area contributed by atoms with Gasteiger partial charge in [-0.3, -0.25) is 32.8 Å². The molecule has 236 valence electrons. The first-order valence-corrected chi connectivity index (χ1v) is 16.2. The van der Waals surface area contributed by atoms with Gasteiger partial charge >= 0.3 is 31.5 Å². The van der Waals surface area contributed by atoms with E-state index in [0.717, 1.165) is 17.7 Å². The van der Waals surface area contributed by atoms with Gasteiger partial charge in [0, 0.05) is 5.75 Å². The highest BCUT2D eigenvalue weighted by molar-refractivity contribution is 8.03. The van der Waals surface area contributed by atoms with E-state index in [2.05, 4.69) is 0 Å². The number of hydrogen-bond acceptors (Lipinski definition) is 12. The summed E-state index contributed by atoms with van der Waals surface area (Å²) in [6.07, 6.45) is 2.17. The maximum absolute atomic E-state index is 14.3. The summed E-state index contributed by atoms with van der Waals surface area (Å²) in [5.74, 6) is -2.72. The number of carbonyl (C=O) groups is 4. The van der Waals surface area contributed by atoms with Crippen LogP contribution in [0.1, 0.15) is 94.9 Å². The Balaban J connectivity index is 3.20. The van der Waals surface area contributed by atoms with Gasteiger partial charge in [-0.25, -0.2) is 0 Å². The first kappa shape index (κ1) is 37.1. The molecule has 0 aromatic rings. The molecule has 1 heterocycles. The van der Waals surface area contributed by atoms with E-state index in [-0.39, 0.29) is 11.7 Å². The Hall–Kier alpha value is -1.88. The summed E-state index contributed by atoms with van der Waals surface area (Å²) < 4.78 is 46.1. The molecule has 0 amide bonds. The number of ether oxygens (including phenoxy) is 4. The van der Waals surface area contributed by atoms with Crippen molar-refractivity contribution in [1.82, 2.24) is 0 Å². The van der Waals surface area contributed by atoms with E-state index in [0.29, 0.717) is 12.2 Å². The van der Waals surface area contributed by atoms with Gasteiger partial charge < -0.3 is 18.9 Å². The van der Waals surface area contributed by atoms with Crippen LogP contribution in [-0.4, -0.2) is 50.0 Å². The van der Waals surface area contributed by atoms with Crippen LogP contribution >= 0.6 is 19.4 Å². The zero-order valence-electron chi connectivity index (χ0n) is 26.1. The van der Waals surface area contributed by atoms with Gasteiger partial charge in [0.2, 0.25) is 20.4 Å². The van der Waals surface area contributed by atoms with Crippen LogP contribution in [-0.2, 0) is 51.7 Å². The molecule has 1 aliphatic heterocycles. The molecule has 41 heavy (non-hydrogen) atoms. The topological polar surface area (TPSA) is 141 Å². The van der Waals surface area contributed by atoms with Crippen molar-refractivity contribution in [1.29, 1.82) is 0 Å². The second-order valence-electron chi connectivity index (χ2n) is 12.8. The van der Waals surface area contributed by atoms with Crippen LogP contribution in [0.4, 0.5) is 0 Å². The average Bonchev–Trinajstić information content (AvgIpc) is 2.85. The van der Waals surface area contributed by atoms with Crippen LogP contribution < -0.4 is 0 Å². The Kier molecular flexibility index (Phi) is 14.1. The first-order chi connectivity index (χ1) is 18.7. The van der Waals surface area contributed by atoms with Gasteiger partial charge in [0.15, 0.2) is 0 Å². The van der Waals surface area contributed by atoms with Crippen molar-refractivity contribution in [2.45, 2.75) is 94.9 Å². The lowest BCUT2D eigenvalue weighted by atomic mass is 9.97. The van der Waals surface area contributed by atoms with Gasteiger partial charge in [0.05, 0.1) is 27.5 Å². The number of hydrogen-bond donors (Lipinski definition) is 0. The van der Waals surface area contributed by atoms with Gasteiger partial charge in [0.1, 0.15) is 0 Å². The predicted molar refractivity (Wildman–Crippen MR) is 154 cm³/mol. The average molecular weight is 623 g/mol. The number of allylic oxidation sites excluding steroid dienone is 2. The minimum Gasteiger partial charge on any atom is -0.438 e. The molecular formula is C28H47O11PS. The summed E-state index contributed by atoms with van der Waals surface area (Å²) in [7, 11) is -4.24. The van der Waals surface area contributed by atoms with Crippen molar-refractivity contribution in [2.24, 2.45) is 22.2 Å². The molecule has 13 heteroatoms. The van der Waals surface area contributed by atoms with Gasteiger partial charge in [-0.15, -0.1) is 11.8 Å². The van der Waals surface area contributed by atoms with E-state index in [1.165, 1.54) is 11.8 Å². The standard InChI is InChI=1S/C28H47O11PS/c1-11-12-13-21-20(14-19(15-41-21)22(29)34-16-35-23(30)26(2,3)4)40(33,38-17-36-24(31)27(5,6)7)39-18-37-25(32)28(8,9)10/h19H,11-18H2,1-10H3/t19-/m0/s1. The number of rotatable bonds is 13. The smallest absolute Gasteiger partial charge is 0.363 e. The lowest BCUT2D eigenvalue weighted by Crippen LogP contribution is -2.28. The third-order valence-corrected chi connectivity index (χ3v) is 9.22. The Labute approximate surface area is 248 Å². The molecule has 0 radical (unpaired) electrons. The van der Waals surface area contributed by atoms with Crippen LogP contribution in [0.5, 0.6) is 0 Å². The maximum atomic E-state index is 14.3. The highest BCUT2D eigenvalue weighted by Gasteiger charge is 2.41. The van der Waals surface area contributed by atoms with Crippen LogP contribution in [0, 0.1) is 22.2 Å². The minimum atomic E-state index is -4.24. The second kappa shape index (κ2) is 15.5. The lowest BCUT2D eigenvalue weighted by molar-refractivity contribution is -0.175. The molecule has 1 aliphatic rings. The van der Waals surface area contributed by atoms with Crippen LogP contribution in [0.15, 0.2) is 10.2 Å². The summed E-state index contributed by atoms with van der Waals surface area (Å²) in [6, 6.07) is 0. The van der Waals surface area contributed by atoms with E-state index < -0.39 is 74.0 Å². The molecular weight excluding hydrogens is 575 g/mol. The van der Waals surface area contributed by atoms with Crippen molar-refractivity contribution < 1.29 is 51.7 Å². The normalized spacial score (nSPS) is 16.7. The number of unbranched alkanes of at least 4 members (excludes halogenated alkanes) is 1. The first-order valence-electron chi connectivity index (χ1n) is 13.6. The zero-order valence-corrected chi connectivity index (χ0v) is 27.8. The molecule has 0 spiro atoms. The largest absolute Gasteiger partial charge is 0.438 e. The van der Waals surface area contributed by atoms with E-state index >= 15 is 0 Å². The quantitative estimate of drug-likeness (QED) is 0.0951. The maximum Gasteiger partial charge on any atom is 0.363 e. The summed E-state index contributed by atoms with van der Waals surface area (Å²) in [5, 5.41) is 0.231. The number of thioether (sulfide) groups is 1. The Morgan fingerprint density at radius 2 is 1.20 bits per heavy atom. The van der Waals surface area contributed by atoms with Gasteiger partial charge in [-0.05, 0) is 86.5 Å². The Morgan fingerprint density at radius 1 is 0.756 bits per heavy atom. The summed E-state index contributed by atoms with van der Waals surface area (Å²) in [6.45, 7) is 15.1. The lowest BCUT2D eigenvalue weighted by Gasteiger charge is -2.30. The molecule has 0 saturated heterocycles. The van der Waals surface area contributed by atoms with Crippen LogP contribution in [0.2, 0.25) is 0 Å². The SMILES string of the molecule is CCCCC1=C(P(=O)(OCOC(=O)C(C)(C)C)OCOC(=O)C(C)(C)C)C[C@H](C(=O)OCOC(=O)C(C)(C)C)CS1. The molecule has 0 fully saturated rings. The van der Waals surface area contributed by atoms with Gasteiger partial charge in [-0.1, -0.05) is 13.3 Å². The molecule has 1 rings (SSSR count). The van der Waals surface area contributed by atoms with Crippen molar-refractivity contribution in [2.75, 3.05) is 26.1 Å². The molecule has 0 unspecified atom stereocenters. The van der Waals surface area contributed by atoms with Gasteiger partial charge in [0.25, 0.3) is 0 Å². The molecule has 0 saturated carbocycles. The van der Waals surface area contributed by atoms with E-state index in [9.17, 15) is 23.7 Å². The molecule has 11 nitrogen and oxygen atoms in total. The summed E-state index contributed by atoms with van der Waals surface area (Å²) in [4.78, 5) is 50.2. The third-order valence-electron chi connectivity index (χ3n) is 5.70. The van der Waals surface area contributed by atoms with E-state index in [1.807, 2.05) is 6.92 Å². The molecule has 0 N–H and O–H groups in total. The van der Waals surface area contributed by atoms with Crippen LogP contribution in [0.3, 0.4) is 0 Å².